The van der Waals surface area contributed by atoms with Crippen molar-refractivity contribution in [2.24, 2.45) is 0 Å². The number of carboxylic acid groups (broad SMARTS) is 1. The van der Waals surface area contributed by atoms with Crippen LogP contribution in [0, 0.1) is 0 Å². The van der Waals surface area contributed by atoms with E-state index in [0.29, 0.717) is 0 Å². The summed E-state index contributed by atoms with van der Waals surface area (Å²) in [6, 6.07) is 9.27. The topological polar surface area (TPSA) is 84.9 Å². The standard InChI is InChI=1S/C13H17NO5/c1-18-11(12(15)16)7-8-14-13(17)19-9-10-5-3-2-4-6-10/h2-6,11H,7-9H2,1H3,(H,14,17)(H,15,16)/t11-/m0/s1. The molecule has 1 rings (SSSR count). The normalized spacial score (nSPS) is 11.6. The number of carbonyl (C=O) groups excluding carboxylic acids is 1. The van der Waals surface area contributed by atoms with Gasteiger partial charge >= 0.3 is 12.1 Å². The fraction of sp³-hybridized carbons (Fsp3) is 0.385. The molecule has 19 heavy (non-hydrogen) atoms. The number of ether oxygens (including phenoxy) is 2. The van der Waals surface area contributed by atoms with E-state index in [1.165, 1.54) is 7.11 Å². The van der Waals surface area contributed by atoms with Gasteiger partial charge in [-0.1, -0.05) is 30.3 Å². The van der Waals surface area contributed by atoms with Gasteiger partial charge in [0.15, 0.2) is 6.10 Å². The first-order chi connectivity index (χ1) is 9.13. The molecule has 0 radical (unpaired) electrons. The zero-order valence-electron chi connectivity index (χ0n) is 10.7. The monoisotopic (exact) mass is 267 g/mol. The molecule has 0 heterocycles. The predicted octanol–water partition coefficient (Wildman–Crippen LogP) is 1.40. The number of rotatable bonds is 7. The van der Waals surface area contributed by atoms with Crippen molar-refractivity contribution in [3.63, 3.8) is 0 Å². The molecular formula is C13H17NO5. The zero-order valence-corrected chi connectivity index (χ0v) is 10.7. The minimum Gasteiger partial charge on any atom is -0.479 e. The van der Waals surface area contributed by atoms with Crippen LogP contribution >= 0.6 is 0 Å². The smallest absolute Gasteiger partial charge is 0.407 e. The Morgan fingerprint density at radius 2 is 2.00 bits per heavy atom. The maximum atomic E-state index is 11.3. The number of alkyl carbamates (subject to hydrolysis) is 1. The van der Waals surface area contributed by atoms with Gasteiger partial charge in [-0.3, -0.25) is 0 Å². The zero-order chi connectivity index (χ0) is 14.1. The number of benzene rings is 1. The Balaban J connectivity index is 2.20. The number of carboxylic acids is 1. The van der Waals surface area contributed by atoms with Crippen LogP contribution in [0.2, 0.25) is 0 Å². The number of methoxy groups -OCH3 is 1. The highest BCUT2D eigenvalue weighted by Gasteiger charge is 2.16. The summed E-state index contributed by atoms with van der Waals surface area (Å²) in [5.41, 5.74) is 0.887. The average molecular weight is 267 g/mol. The van der Waals surface area contributed by atoms with E-state index in [9.17, 15) is 9.59 Å². The molecule has 0 bridgehead atoms. The molecule has 0 spiro atoms. The molecule has 2 N–H and O–H groups in total. The quantitative estimate of drug-likeness (QED) is 0.780. The Labute approximate surface area is 111 Å². The van der Waals surface area contributed by atoms with Crippen molar-refractivity contribution < 1.29 is 24.2 Å². The van der Waals surface area contributed by atoms with Crippen molar-refractivity contribution in [2.45, 2.75) is 19.1 Å². The van der Waals surface area contributed by atoms with Crippen molar-refractivity contribution >= 4 is 12.1 Å². The molecule has 0 unspecified atom stereocenters. The van der Waals surface area contributed by atoms with Crippen LogP contribution in [0.5, 0.6) is 0 Å². The largest absolute Gasteiger partial charge is 0.479 e. The first kappa shape index (κ1) is 15.0. The second-order valence-electron chi connectivity index (χ2n) is 3.84. The number of nitrogens with one attached hydrogen (secondary N) is 1. The molecule has 1 aromatic rings. The van der Waals surface area contributed by atoms with E-state index >= 15 is 0 Å². The van der Waals surface area contributed by atoms with Gasteiger partial charge in [-0.2, -0.15) is 0 Å². The highest BCUT2D eigenvalue weighted by Crippen LogP contribution is 2.01. The van der Waals surface area contributed by atoms with Gasteiger partial charge in [-0.25, -0.2) is 9.59 Å². The summed E-state index contributed by atoms with van der Waals surface area (Å²) in [7, 11) is 1.31. The van der Waals surface area contributed by atoms with Gasteiger partial charge in [0.2, 0.25) is 0 Å². The van der Waals surface area contributed by atoms with Crippen LogP contribution in [-0.2, 0) is 20.9 Å². The minimum atomic E-state index is -1.05. The number of amides is 1. The maximum Gasteiger partial charge on any atom is 0.407 e. The highest BCUT2D eigenvalue weighted by atomic mass is 16.5. The Morgan fingerprint density at radius 3 is 2.58 bits per heavy atom. The molecule has 0 aromatic heterocycles. The summed E-state index contributed by atoms with van der Waals surface area (Å²) in [5.74, 6) is -1.05. The van der Waals surface area contributed by atoms with Gasteiger partial charge in [-0.05, 0) is 5.56 Å². The van der Waals surface area contributed by atoms with Crippen LogP contribution in [0.25, 0.3) is 0 Å². The van der Waals surface area contributed by atoms with E-state index in [1.54, 1.807) is 0 Å². The summed E-state index contributed by atoms with van der Waals surface area (Å²) in [6.45, 7) is 0.359. The van der Waals surface area contributed by atoms with Crippen LogP contribution in [0.15, 0.2) is 30.3 Å². The Kier molecular flexibility index (Phi) is 6.38. The highest BCUT2D eigenvalue weighted by molar-refractivity contribution is 5.72. The molecule has 6 heteroatoms. The Hall–Kier alpha value is -2.08. The second-order valence-corrected chi connectivity index (χ2v) is 3.84. The van der Waals surface area contributed by atoms with Crippen LogP contribution in [-0.4, -0.2) is 36.9 Å². The molecule has 0 aliphatic heterocycles. The van der Waals surface area contributed by atoms with Crippen molar-refractivity contribution in [2.75, 3.05) is 13.7 Å². The Bertz CT molecular complexity index is 407. The second kappa shape index (κ2) is 8.10. The molecule has 104 valence electrons. The van der Waals surface area contributed by atoms with Crippen LogP contribution in [0.1, 0.15) is 12.0 Å². The fourth-order valence-electron chi connectivity index (χ4n) is 1.42. The van der Waals surface area contributed by atoms with Crippen molar-refractivity contribution in [3.8, 4) is 0 Å². The van der Waals surface area contributed by atoms with E-state index in [2.05, 4.69) is 5.32 Å². The SMILES string of the molecule is CO[C@@H](CCNC(=O)OCc1ccccc1)C(=O)O. The Morgan fingerprint density at radius 1 is 1.32 bits per heavy atom. The number of hydrogen-bond acceptors (Lipinski definition) is 4. The molecule has 1 atom stereocenters. The number of carbonyl (C=O) groups is 2. The average Bonchev–Trinajstić information content (AvgIpc) is 2.42. The van der Waals surface area contributed by atoms with Gasteiger partial charge in [0.25, 0.3) is 0 Å². The molecule has 0 aliphatic rings. The summed E-state index contributed by atoms with van der Waals surface area (Å²) in [5, 5.41) is 11.2. The summed E-state index contributed by atoms with van der Waals surface area (Å²) < 4.78 is 9.70. The van der Waals surface area contributed by atoms with Crippen molar-refractivity contribution in [1.82, 2.24) is 5.32 Å². The lowest BCUT2D eigenvalue weighted by Gasteiger charge is -2.11. The molecular weight excluding hydrogens is 250 g/mol. The van der Waals surface area contributed by atoms with Gasteiger partial charge < -0.3 is 19.9 Å². The maximum absolute atomic E-state index is 11.3. The van der Waals surface area contributed by atoms with E-state index in [-0.39, 0.29) is 19.6 Å². The fourth-order valence-corrected chi connectivity index (χ4v) is 1.42. The summed E-state index contributed by atoms with van der Waals surface area (Å²) >= 11 is 0. The van der Waals surface area contributed by atoms with Crippen LogP contribution < -0.4 is 5.32 Å². The van der Waals surface area contributed by atoms with E-state index < -0.39 is 18.2 Å². The van der Waals surface area contributed by atoms with Crippen LogP contribution in [0.4, 0.5) is 4.79 Å². The molecule has 6 nitrogen and oxygen atoms in total. The third kappa shape index (κ3) is 5.87. The summed E-state index contributed by atoms with van der Waals surface area (Å²) in [4.78, 5) is 22.0. The molecule has 0 fully saturated rings. The number of hydrogen-bond donors (Lipinski definition) is 2. The van der Waals surface area contributed by atoms with E-state index in [1.807, 2.05) is 30.3 Å². The molecule has 0 saturated carbocycles. The van der Waals surface area contributed by atoms with E-state index in [0.717, 1.165) is 5.56 Å². The van der Waals surface area contributed by atoms with Crippen molar-refractivity contribution in [1.29, 1.82) is 0 Å². The minimum absolute atomic E-state index is 0.179. The molecule has 0 aliphatic carbocycles. The van der Waals surface area contributed by atoms with Gasteiger partial charge in [0, 0.05) is 20.1 Å². The predicted molar refractivity (Wildman–Crippen MR) is 67.7 cm³/mol. The lowest BCUT2D eigenvalue weighted by atomic mass is 10.2. The first-order valence-corrected chi connectivity index (χ1v) is 5.83. The van der Waals surface area contributed by atoms with Gasteiger partial charge in [0.05, 0.1) is 0 Å². The lowest BCUT2D eigenvalue weighted by molar-refractivity contribution is -0.148. The third-order valence-electron chi connectivity index (χ3n) is 2.45. The number of aliphatic carboxylic acids is 1. The molecule has 1 amide bonds. The van der Waals surface area contributed by atoms with Gasteiger partial charge in [0.1, 0.15) is 6.61 Å². The van der Waals surface area contributed by atoms with Crippen molar-refractivity contribution in [3.05, 3.63) is 35.9 Å². The lowest BCUT2D eigenvalue weighted by Crippen LogP contribution is -2.31. The molecule has 1 aromatic carbocycles. The van der Waals surface area contributed by atoms with E-state index in [4.69, 9.17) is 14.6 Å². The van der Waals surface area contributed by atoms with Crippen LogP contribution in [0.3, 0.4) is 0 Å². The van der Waals surface area contributed by atoms with Gasteiger partial charge in [-0.15, -0.1) is 0 Å². The first-order valence-electron chi connectivity index (χ1n) is 5.83. The molecule has 0 saturated heterocycles. The third-order valence-corrected chi connectivity index (χ3v) is 2.45. The summed E-state index contributed by atoms with van der Waals surface area (Å²) in [6.07, 6.45) is -1.31.